The Hall–Kier alpha value is -0.220. The number of hydrogen-bond acceptors (Lipinski definition) is 2. The molecule has 4 heteroatoms. The second kappa shape index (κ2) is 4.62. The molecule has 1 N–H and O–H groups in total. The van der Waals surface area contributed by atoms with E-state index in [1.165, 1.54) is 0 Å². The van der Waals surface area contributed by atoms with Gasteiger partial charge in [-0.1, -0.05) is 6.92 Å². The van der Waals surface area contributed by atoms with Gasteiger partial charge in [0.1, 0.15) is 6.61 Å². The van der Waals surface area contributed by atoms with E-state index in [4.69, 9.17) is 5.11 Å². The van der Waals surface area contributed by atoms with Crippen molar-refractivity contribution in [3.63, 3.8) is 0 Å². The third-order valence-electron chi connectivity index (χ3n) is 1.14. The molecule has 0 spiro atoms. The topological polar surface area (TPSA) is 29.5 Å². The average Bonchev–Trinajstić information content (AvgIpc) is 1.85. The second-order valence-corrected chi connectivity index (χ2v) is 2.65. The summed E-state index contributed by atoms with van der Waals surface area (Å²) in [5.41, 5.74) is 0. The van der Waals surface area contributed by atoms with Crippen LogP contribution >= 0.6 is 0 Å². The number of aliphatic hydroxyl groups excluding tert-OH is 1. The van der Waals surface area contributed by atoms with Crippen LogP contribution in [0.2, 0.25) is 0 Å². The van der Waals surface area contributed by atoms with Gasteiger partial charge in [-0.2, -0.15) is 0 Å². The molecule has 0 rings (SSSR count). The SMILES string of the molecule is CCC(O)COCC(C)(F)F. The van der Waals surface area contributed by atoms with Crippen LogP contribution in [0.4, 0.5) is 8.78 Å². The second-order valence-electron chi connectivity index (χ2n) is 2.65. The third-order valence-corrected chi connectivity index (χ3v) is 1.14. The van der Waals surface area contributed by atoms with E-state index < -0.39 is 18.6 Å². The molecular formula is C7H14F2O2. The largest absolute Gasteiger partial charge is 0.391 e. The smallest absolute Gasteiger partial charge is 0.268 e. The highest BCUT2D eigenvalue weighted by Gasteiger charge is 2.21. The molecule has 11 heavy (non-hydrogen) atoms. The summed E-state index contributed by atoms with van der Waals surface area (Å²) in [6.07, 6.45) is -0.104. The lowest BCUT2D eigenvalue weighted by molar-refractivity contribution is -0.0791. The number of ether oxygens (including phenoxy) is 1. The van der Waals surface area contributed by atoms with E-state index in [1.807, 2.05) is 0 Å². The molecule has 0 radical (unpaired) electrons. The molecule has 0 heterocycles. The van der Waals surface area contributed by atoms with Crippen LogP contribution in [0.15, 0.2) is 0 Å². The maximum atomic E-state index is 12.1. The van der Waals surface area contributed by atoms with Crippen molar-refractivity contribution in [2.24, 2.45) is 0 Å². The Labute approximate surface area is 65.2 Å². The summed E-state index contributed by atoms with van der Waals surface area (Å²) < 4.78 is 28.7. The molecule has 0 fully saturated rings. The van der Waals surface area contributed by atoms with Gasteiger partial charge >= 0.3 is 0 Å². The summed E-state index contributed by atoms with van der Waals surface area (Å²) >= 11 is 0. The number of alkyl halides is 2. The van der Waals surface area contributed by atoms with E-state index in [1.54, 1.807) is 6.92 Å². The summed E-state index contributed by atoms with van der Waals surface area (Å²) in [6.45, 7) is 1.91. The Morgan fingerprint density at radius 2 is 2.09 bits per heavy atom. The van der Waals surface area contributed by atoms with Gasteiger partial charge in [0.05, 0.1) is 12.7 Å². The minimum atomic E-state index is -2.80. The standard InChI is InChI=1S/C7H14F2O2/c1-3-6(10)4-11-5-7(2,8)9/h6,10H,3-5H2,1-2H3. The molecule has 1 atom stereocenters. The molecule has 1 unspecified atom stereocenters. The molecule has 0 aliphatic heterocycles. The minimum absolute atomic E-state index is 0.0140. The van der Waals surface area contributed by atoms with E-state index in [0.29, 0.717) is 6.42 Å². The summed E-state index contributed by atoms with van der Waals surface area (Å²) in [7, 11) is 0. The first kappa shape index (κ1) is 10.8. The maximum absolute atomic E-state index is 12.1. The fraction of sp³-hybridized carbons (Fsp3) is 1.00. The van der Waals surface area contributed by atoms with Crippen LogP contribution in [0.5, 0.6) is 0 Å². The third kappa shape index (κ3) is 7.68. The van der Waals surface area contributed by atoms with Crippen molar-refractivity contribution in [1.29, 1.82) is 0 Å². The normalized spacial score (nSPS) is 15.0. The van der Waals surface area contributed by atoms with Gasteiger partial charge in [0.15, 0.2) is 0 Å². The summed E-state index contributed by atoms with van der Waals surface area (Å²) in [5, 5.41) is 8.88. The van der Waals surface area contributed by atoms with Crippen LogP contribution in [-0.4, -0.2) is 30.3 Å². The molecule has 0 aromatic heterocycles. The molecule has 0 aromatic rings. The van der Waals surface area contributed by atoms with E-state index in [-0.39, 0.29) is 6.61 Å². The summed E-state index contributed by atoms with van der Waals surface area (Å²) in [5.74, 6) is -2.80. The monoisotopic (exact) mass is 168 g/mol. The van der Waals surface area contributed by atoms with Crippen molar-refractivity contribution in [2.75, 3.05) is 13.2 Å². The van der Waals surface area contributed by atoms with Gasteiger partial charge in [-0.25, -0.2) is 8.78 Å². The van der Waals surface area contributed by atoms with Crippen LogP contribution in [0.3, 0.4) is 0 Å². The molecule has 0 saturated heterocycles. The van der Waals surface area contributed by atoms with Gasteiger partial charge in [0, 0.05) is 6.92 Å². The first-order chi connectivity index (χ1) is 4.95. The van der Waals surface area contributed by atoms with Gasteiger partial charge in [-0.15, -0.1) is 0 Å². The Kier molecular flexibility index (Phi) is 4.52. The van der Waals surface area contributed by atoms with Gasteiger partial charge in [-0.05, 0) is 6.42 Å². The minimum Gasteiger partial charge on any atom is -0.391 e. The van der Waals surface area contributed by atoms with Crippen molar-refractivity contribution >= 4 is 0 Å². The van der Waals surface area contributed by atoms with Crippen LogP contribution in [0.25, 0.3) is 0 Å². The lowest BCUT2D eigenvalue weighted by atomic mass is 10.3. The lowest BCUT2D eigenvalue weighted by Gasteiger charge is -2.12. The zero-order valence-corrected chi connectivity index (χ0v) is 6.81. The lowest BCUT2D eigenvalue weighted by Crippen LogP contribution is -2.23. The van der Waals surface area contributed by atoms with Crippen LogP contribution < -0.4 is 0 Å². The highest BCUT2D eigenvalue weighted by Crippen LogP contribution is 2.11. The molecule has 0 aromatic carbocycles. The highest BCUT2D eigenvalue weighted by molar-refractivity contribution is 4.56. The zero-order valence-electron chi connectivity index (χ0n) is 6.81. The molecule has 68 valence electrons. The molecule has 0 saturated carbocycles. The molecule has 0 aliphatic rings. The summed E-state index contributed by atoms with van der Waals surface area (Å²) in [6, 6.07) is 0. The molecule has 0 aliphatic carbocycles. The fourth-order valence-electron chi connectivity index (χ4n) is 0.492. The first-order valence-corrected chi connectivity index (χ1v) is 3.59. The molecule has 0 amide bonds. The Morgan fingerprint density at radius 3 is 2.45 bits per heavy atom. The van der Waals surface area contributed by atoms with E-state index in [2.05, 4.69) is 4.74 Å². The molecule has 2 nitrogen and oxygen atoms in total. The van der Waals surface area contributed by atoms with E-state index >= 15 is 0 Å². The first-order valence-electron chi connectivity index (χ1n) is 3.59. The van der Waals surface area contributed by atoms with Gasteiger partial charge in [-0.3, -0.25) is 0 Å². The number of hydrogen-bond donors (Lipinski definition) is 1. The van der Waals surface area contributed by atoms with Crippen molar-refractivity contribution in [2.45, 2.75) is 32.3 Å². The van der Waals surface area contributed by atoms with Gasteiger partial charge < -0.3 is 9.84 Å². The van der Waals surface area contributed by atoms with Crippen LogP contribution in [-0.2, 0) is 4.74 Å². The zero-order chi connectivity index (χ0) is 8.91. The van der Waals surface area contributed by atoms with Gasteiger partial charge in [0.25, 0.3) is 5.92 Å². The van der Waals surface area contributed by atoms with Crippen molar-refractivity contribution in [1.82, 2.24) is 0 Å². The molecular weight excluding hydrogens is 154 g/mol. The number of rotatable bonds is 5. The number of halogens is 2. The molecule has 0 bridgehead atoms. The van der Waals surface area contributed by atoms with E-state index in [0.717, 1.165) is 6.92 Å². The maximum Gasteiger partial charge on any atom is 0.268 e. The number of aliphatic hydroxyl groups is 1. The predicted molar refractivity (Wildman–Crippen MR) is 37.7 cm³/mol. The highest BCUT2D eigenvalue weighted by atomic mass is 19.3. The van der Waals surface area contributed by atoms with Crippen molar-refractivity contribution in [3.8, 4) is 0 Å². The quantitative estimate of drug-likeness (QED) is 0.672. The summed E-state index contributed by atoms with van der Waals surface area (Å²) in [4.78, 5) is 0. The fourth-order valence-corrected chi connectivity index (χ4v) is 0.492. The van der Waals surface area contributed by atoms with Crippen LogP contribution in [0.1, 0.15) is 20.3 Å². The Bertz CT molecular complexity index is 101. The Balaban J connectivity index is 3.28. The predicted octanol–water partition coefficient (Wildman–Crippen LogP) is 1.43. The van der Waals surface area contributed by atoms with Gasteiger partial charge in [0.2, 0.25) is 0 Å². The van der Waals surface area contributed by atoms with Crippen LogP contribution in [0, 0.1) is 0 Å². The van der Waals surface area contributed by atoms with Crippen molar-refractivity contribution < 1.29 is 18.6 Å². The Morgan fingerprint density at radius 1 is 1.55 bits per heavy atom. The van der Waals surface area contributed by atoms with E-state index in [9.17, 15) is 8.78 Å². The average molecular weight is 168 g/mol. The van der Waals surface area contributed by atoms with Crippen molar-refractivity contribution in [3.05, 3.63) is 0 Å².